The fourth-order valence-electron chi connectivity index (χ4n) is 5.38. The summed E-state index contributed by atoms with van der Waals surface area (Å²) in [5.74, 6) is 0.105. The minimum Gasteiger partial charge on any atom is -0.333 e. The van der Waals surface area contributed by atoms with Gasteiger partial charge in [-0.25, -0.2) is 13.4 Å². The molecule has 2 aromatic heterocycles. The molecule has 2 atom stereocenters. The van der Waals surface area contributed by atoms with Crippen molar-refractivity contribution in [3.05, 3.63) is 64.5 Å². The Morgan fingerprint density at radius 3 is 2.68 bits per heavy atom. The number of carbonyl (C=O) groups excluding carboxylic acids is 1. The zero-order chi connectivity index (χ0) is 26.4. The van der Waals surface area contributed by atoms with Crippen LogP contribution < -0.4 is 10.2 Å². The molecule has 2 aliphatic heterocycles. The lowest BCUT2D eigenvalue weighted by molar-refractivity contribution is -0.895. The van der Waals surface area contributed by atoms with Crippen molar-refractivity contribution >= 4 is 53.8 Å². The third kappa shape index (κ3) is 4.80. The lowest BCUT2D eigenvalue weighted by Gasteiger charge is -2.30. The van der Waals surface area contributed by atoms with Crippen LogP contribution in [0, 0.1) is 5.92 Å². The number of quaternary nitrogens is 1. The molecule has 0 saturated carbocycles. The second kappa shape index (κ2) is 10.2. The Morgan fingerprint density at radius 1 is 1.13 bits per heavy atom. The number of para-hydroxylation sites is 1. The maximum atomic E-state index is 13.4. The molecule has 7 nitrogen and oxygen atoms in total. The molecule has 4 heterocycles. The third-order valence-electron chi connectivity index (χ3n) is 7.46. The van der Waals surface area contributed by atoms with Gasteiger partial charge >= 0.3 is 0 Å². The van der Waals surface area contributed by atoms with E-state index in [2.05, 4.69) is 25.4 Å². The van der Waals surface area contributed by atoms with Crippen molar-refractivity contribution in [1.82, 2.24) is 9.29 Å². The highest BCUT2D eigenvalue weighted by atomic mass is 32.2. The van der Waals surface area contributed by atoms with Gasteiger partial charge < -0.3 is 10.2 Å². The van der Waals surface area contributed by atoms with Gasteiger partial charge in [0.25, 0.3) is 5.91 Å². The first-order valence-corrected chi connectivity index (χ1v) is 16.1. The first-order valence-electron chi connectivity index (χ1n) is 13.0. The number of fused-ring (bicyclic) bond motifs is 2. The molecule has 0 radical (unpaired) electrons. The molecular formula is C28H31N4O3S3+. The Kier molecular flexibility index (Phi) is 6.86. The number of anilines is 1. The summed E-state index contributed by atoms with van der Waals surface area (Å²) < 4.78 is 29.0. The molecule has 4 aromatic rings. The largest absolute Gasteiger partial charge is 0.333 e. The Labute approximate surface area is 231 Å². The SMILES string of the molecule is CC1CCCN(S(=O)(=O)c2ccc(C(=O)Nc3sc4c(c3-c3nc5ccccc5s3)CC[NH+](C)C4)cc2)C1. The first kappa shape index (κ1) is 25.6. The normalized spacial score (nSPS) is 20.4. The van der Waals surface area contributed by atoms with Gasteiger partial charge in [0.1, 0.15) is 16.6 Å². The Balaban J connectivity index is 1.29. The van der Waals surface area contributed by atoms with Gasteiger partial charge in [-0.3, -0.25) is 4.79 Å². The van der Waals surface area contributed by atoms with Crippen LogP contribution in [-0.4, -0.2) is 50.3 Å². The fraction of sp³-hybridized carbons (Fsp3) is 0.357. The van der Waals surface area contributed by atoms with Crippen LogP contribution in [0.4, 0.5) is 5.00 Å². The molecule has 1 saturated heterocycles. The number of hydrogen-bond acceptors (Lipinski definition) is 6. The minimum atomic E-state index is -3.56. The predicted molar refractivity (Wildman–Crippen MR) is 154 cm³/mol. The quantitative estimate of drug-likeness (QED) is 0.377. The number of aromatic nitrogens is 1. The summed E-state index contributed by atoms with van der Waals surface area (Å²) in [5.41, 5.74) is 3.71. The van der Waals surface area contributed by atoms with Crippen LogP contribution in [0.2, 0.25) is 0 Å². The molecule has 0 aliphatic carbocycles. The van der Waals surface area contributed by atoms with Crippen molar-refractivity contribution in [3.63, 3.8) is 0 Å². The van der Waals surface area contributed by atoms with Gasteiger partial charge in [-0.15, -0.1) is 22.7 Å². The highest BCUT2D eigenvalue weighted by Crippen LogP contribution is 2.44. The average Bonchev–Trinajstić information content (AvgIpc) is 3.49. The Bertz CT molecular complexity index is 1580. The molecule has 1 amide bonds. The number of thiazole rings is 1. The molecule has 6 rings (SSSR count). The zero-order valence-corrected chi connectivity index (χ0v) is 23.9. The summed E-state index contributed by atoms with van der Waals surface area (Å²) in [6, 6.07) is 14.4. The van der Waals surface area contributed by atoms with Crippen LogP contribution in [0.3, 0.4) is 0 Å². The first-order chi connectivity index (χ1) is 18.3. The van der Waals surface area contributed by atoms with E-state index in [0.29, 0.717) is 24.6 Å². The van der Waals surface area contributed by atoms with Gasteiger partial charge in [-0.05, 0) is 60.7 Å². The van der Waals surface area contributed by atoms with E-state index >= 15 is 0 Å². The second-order valence-corrected chi connectivity index (χ2v) is 14.5. The minimum absolute atomic E-state index is 0.232. The standard InChI is InChI=1S/C28H30N4O3S3/c1-18-6-5-14-32(16-18)38(34,35)20-11-9-19(10-12-20)26(33)30-28-25(21-13-15-31(2)17-24(21)37-28)27-29-22-7-3-4-8-23(22)36-27/h3-4,7-12,18H,5-6,13-17H2,1-2H3,(H,30,33)/p+1. The molecule has 2 aromatic carbocycles. The molecule has 2 aliphatic rings. The van der Waals surface area contributed by atoms with Crippen LogP contribution in [0.15, 0.2) is 53.4 Å². The third-order valence-corrected chi connectivity index (χ3v) is 11.5. The van der Waals surface area contributed by atoms with Crippen LogP contribution in [0.5, 0.6) is 0 Å². The number of carbonyl (C=O) groups is 1. The number of rotatable bonds is 5. The smallest absolute Gasteiger partial charge is 0.256 e. The average molecular weight is 568 g/mol. The molecule has 1 fully saturated rings. The van der Waals surface area contributed by atoms with Gasteiger partial charge in [0, 0.05) is 30.6 Å². The predicted octanol–water partition coefficient (Wildman–Crippen LogP) is 4.27. The van der Waals surface area contributed by atoms with E-state index in [1.54, 1.807) is 51.2 Å². The Hall–Kier alpha value is -2.63. The van der Waals surface area contributed by atoms with E-state index in [1.165, 1.54) is 15.3 Å². The molecule has 38 heavy (non-hydrogen) atoms. The summed E-state index contributed by atoms with van der Waals surface area (Å²) in [5, 5.41) is 4.89. The topological polar surface area (TPSA) is 83.8 Å². The number of likely N-dealkylation sites (N-methyl/N-ethyl adjacent to an activating group) is 1. The van der Waals surface area contributed by atoms with Gasteiger partial charge in [-0.1, -0.05) is 19.1 Å². The molecule has 0 spiro atoms. The van der Waals surface area contributed by atoms with E-state index in [-0.39, 0.29) is 10.8 Å². The highest BCUT2D eigenvalue weighted by Gasteiger charge is 2.30. The Morgan fingerprint density at radius 2 is 1.92 bits per heavy atom. The molecule has 2 unspecified atom stereocenters. The number of sulfonamides is 1. The van der Waals surface area contributed by atoms with E-state index in [4.69, 9.17) is 4.98 Å². The number of thiophene rings is 1. The van der Waals surface area contributed by atoms with Crippen molar-refractivity contribution in [2.75, 3.05) is 32.0 Å². The summed E-state index contributed by atoms with van der Waals surface area (Å²) in [6.07, 6.45) is 2.87. The van der Waals surface area contributed by atoms with Crippen LogP contribution in [0.1, 0.15) is 40.6 Å². The lowest BCUT2D eigenvalue weighted by Crippen LogP contribution is -3.08. The molecule has 2 N–H and O–H groups in total. The van der Waals surface area contributed by atoms with E-state index in [0.717, 1.165) is 58.1 Å². The van der Waals surface area contributed by atoms with Crippen molar-refractivity contribution in [1.29, 1.82) is 0 Å². The monoisotopic (exact) mass is 567 g/mol. The number of piperidine rings is 1. The number of nitrogens with one attached hydrogen (secondary N) is 2. The van der Waals surface area contributed by atoms with Crippen molar-refractivity contribution in [3.8, 4) is 10.6 Å². The van der Waals surface area contributed by atoms with E-state index in [1.807, 2.05) is 18.2 Å². The van der Waals surface area contributed by atoms with Gasteiger partial charge in [0.15, 0.2) is 0 Å². The van der Waals surface area contributed by atoms with Crippen molar-refractivity contribution < 1.29 is 18.1 Å². The lowest BCUT2D eigenvalue weighted by atomic mass is 10.0. The van der Waals surface area contributed by atoms with Crippen molar-refractivity contribution in [2.24, 2.45) is 5.92 Å². The summed E-state index contributed by atoms with van der Waals surface area (Å²) in [4.78, 5) is 21.2. The van der Waals surface area contributed by atoms with E-state index in [9.17, 15) is 13.2 Å². The number of amides is 1. The van der Waals surface area contributed by atoms with E-state index < -0.39 is 10.0 Å². The summed E-state index contributed by atoms with van der Waals surface area (Å²) in [6.45, 7) is 5.14. The molecule has 0 bridgehead atoms. The molecule has 198 valence electrons. The number of nitrogens with zero attached hydrogens (tertiary/aromatic N) is 2. The zero-order valence-electron chi connectivity index (χ0n) is 21.5. The molecular weight excluding hydrogens is 537 g/mol. The number of benzene rings is 2. The second-order valence-electron chi connectivity index (χ2n) is 10.4. The maximum absolute atomic E-state index is 13.4. The van der Waals surface area contributed by atoms with Crippen LogP contribution in [0.25, 0.3) is 20.8 Å². The van der Waals surface area contributed by atoms with Gasteiger partial charge in [-0.2, -0.15) is 4.31 Å². The summed E-state index contributed by atoms with van der Waals surface area (Å²) in [7, 11) is -1.37. The van der Waals surface area contributed by atoms with Gasteiger partial charge in [0.2, 0.25) is 10.0 Å². The highest BCUT2D eigenvalue weighted by molar-refractivity contribution is 7.89. The fourth-order valence-corrected chi connectivity index (χ4v) is 9.45. The van der Waals surface area contributed by atoms with Crippen LogP contribution in [-0.2, 0) is 23.0 Å². The summed E-state index contributed by atoms with van der Waals surface area (Å²) >= 11 is 3.28. The van der Waals surface area contributed by atoms with Crippen LogP contribution >= 0.6 is 22.7 Å². The number of hydrogen-bond donors (Lipinski definition) is 2. The molecule has 10 heteroatoms. The van der Waals surface area contributed by atoms with Crippen molar-refractivity contribution in [2.45, 2.75) is 37.6 Å². The van der Waals surface area contributed by atoms with Gasteiger partial charge in [0.05, 0.1) is 33.6 Å². The maximum Gasteiger partial charge on any atom is 0.256 e.